The Bertz CT molecular complexity index is 1150. The summed E-state index contributed by atoms with van der Waals surface area (Å²) in [6, 6.07) is 13.7. The summed E-state index contributed by atoms with van der Waals surface area (Å²) in [6.45, 7) is 2.61. The molecule has 0 saturated carbocycles. The molecule has 146 valence electrons. The zero-order chi connectivity index (χ0) is 19.7. The fraction of sp³-hybridized carbons (Fsp3) is 0.250. The summed E-state index contributed by atoms with van der Waals surface area (Å²) in [5.74, 6) is -0.269. The number of nitrogens with zero attached hydrogens (tertiary/aromatic N) is 2. The lowest BCUT2D eigenvalue weighted by Crippen LogP contribution is -2.48. The van der Waals surface area contributed by atoms with E-state index < -0.39 is 15.6 Å². The summed E-state index contributed by atoms with van der Waals surface area (Å²) in [4.78, 5) is 13.6. The summed E-state index contributed by atoms with van der Waals surface area (Å²) >= 11 is 0. The van der Waals surface area contributed by atoms with Gasteiger partial charge in [0.15, 0.2) is 0 Å². The summed E-state index contributed by atoms with van der Waals surface area (Å²) in [5.41, 5.74) is 0.879. The second-order valence-electron chi connectivity index (χ2n) is 6.76. The zero-order valence-electron chi connectivity index (χ0n) is 15.0. The first-order valence-corrected chi connectivity index (χ1v) is 10.4. The topological polar surface area (TPSA) is 70.8 Å². The van der Waals surface area contributed by atoms with Crippen molar-refractivity contribution in [3.05, 3.63) is 76.4 Å². The van der Waals surface area contributed by atoms with Gasteiger partial charge in [-0.2, -0.15) is 4.31 Å². The Morgan fingerprint density at radius 3 is 2.36 bits per heavy atom. The number of hydrogen-bond acceptors (Lipinski definition) is 5. The molecular weight excluding hydrogens is 383 g/mol. The highest BCUT2D eigenvalue weighted by Crippen LogP contribution is 2.22. The lowest BCUT2D eigenvalue weighted by atomic mass is 10.2. The van der Waals surface area contributed by atoms with E-state index in [0.717, 1.165) is 5.56 Å². The molecule has 1 saturated heterocycles. The van der Waals surface area contributed by atoms with Crippen molar-refractivity contribution in [3.8, 4) is 0 Å². The molecule has 2 heterocycles. The van der Waals surface area contributed by atoms with Crippen LogP contribution < -0.4 is 5.63 Å². The van der Waals surface area contributed by atoms with Crippen LogP contribution in [0.3, 0.4) is 0 Å². The van der Waals surface area contributed by atoms with Crippen LogP contribution in [0.1, 0.15) is 5.56 Å². The Labute approximate surface area is 161 Å². The van der Waals surface area contributed by atoms with E-state index in [9.17, 15) is 17.6 Å². The molecule has 0 radical (unpaired) electrons. The quantitative estimate of drug-likeness (QED) is 0.627. The van der Waals surface area contributed by atoms with Gasteiger partial charge in [-0.15, -0.1) is 0 Å². The first-order chi connectivity index (χ1) is 13.4. The van der Waals surface area contributed by atoms with Crippen molar-refractivity contribution in [2.45, 2.75) is 11.4 Å². The van der Waals surface area contributed by atoms with Gasteiger partial charge >= 0.3 is 5.63 Å². The highest BCUT2D eigenvalue weighted by molar-refractivity contribution is 7.89. The smallest absolute Gasteiger partial charge is 0.336 e. The molecule has 0 aliphatic carbocycles. The first-order valence-electron chi connectivity index (χ1n) is 8.93. The maximum absolute atomic E-state index is 13.0. The van der Waals surface area contributed by atoms with Crippen LogP contribution in [-0.4, -0.2) is 43.8 Å². The molecular formula is C20H19FN2O4S. The van der Waals surface area contributed by atoms with E-state index in [0.29, 0.717) is 43.7 Å². The highest BCUT2D eigenvalue weighted by atomic mass is 32.2. The first kappa shape index (κ1) is 18.8. The lowest BCUT2D eigenvalue weighted by Gasteiger charge is -2.34. The third-order valence-electron chi connectivity index (χ3n) is 4.88. The molecule has 0 spiro atoms. The molecule has 2 aromatic carbocycles. The lowest BCUT2D eigenvalue weighted by molar-refractivity contribution is 0.181. The minimum absolute atomic E-state index is 0.181. The third kappa shape index (κ3) is 3.84. The third-order valence-corrected chi connectivity index (χ3v) is 6.77. The number of halogens is 1. The molecule has 1 aliphatic heterocycles. The Morgan fingerprint density at radius 2 is 1.64 bits per heavy atom. The Kier molecular flexibility index (Phi) is 5.01. The monoisotopic (exact) mass is 402 g/mol. The fourth-order valence-corrected chi connectivity index (χ4v) is 4.79. The minimum Gasteiger partial charge on any atom is -0.423 e. The molecule has 6 nitrogen and oxygen atoms in total. The summed E-state index contributed by atoms with van der Waals surface area (Å²) in [6.07, 6.45) is 0. The molecule has 0 atom stereocenters. The summed E-state index contributed by atoms with van der Waals surface area (Å²) in [7, 11) is -3.63. The van der Waals surface area contributed by atoms with Crippen molar-refractivity contribution in [2.24, 2.45) is 0 Å². The van der Waals surface area contributed by atoms with Crippen molar-refractivity contribution in [1.29, 1.82) is 0 Å². The van der Waals surface area contributed by atoms with E-state index in [-0.39, 0.29) is 10.7 Å². The number of rotatable bonds is 4. The van der Waals surface area contributed by atoms with Gasteiger partial charge in [-0.25, -0.2) is 17.6 Å². The largest absolute Gasteiger partial charge is 0.423 e. The van der Waals surface area contributed by atoms with Crippen LogP contribution in [0.2, 0.25) is 0 Å². The molecule has 0 bridgehead atoms. The van der Waals surface area contributed by atoms with Gasteiger partial charge < -0.3 is 4.42 Å². The van der Waals surface area contributed by atoms with E-state index in [1.54, 1.807) is 18.2 Å². The molecule has 4 rings (SSSR count). The number of fused-ring (bicyclic) bond motifs is 1. The van der Waals surface area contributed by atoms with E-state index >= 15 is 0 Å². The fourth-order valence-electron chi connectivity index (χ4n) is 3.34. The van der Waals surface area contributed by atoms with E-state index in [4.69, 9.17) is 4.42 Å². The van der Waals surface area contributed by atoms with Gasteiger partial charge in [-0.1, -0.05) is 12.1 Å². The van der Waals surface area contributed by atoms with Gasteiger partial charge in [0.1, 0.15) is 11.4 Å². The van der Waals surface area contributed by atoms with Crippen molar-refractivity contribution < 1.29 is 17.2 Å². The maximum atomic E-state index is 13.0. The molecule has 0 unspecified atom stereocenters. The molecule has 8 heteroatoms. The number of piperazine rings is 1. The molecule has 3 aromatic rings. The Morgan fingerprint density at radius 1 is 0.929 bits per heavy atom. The van der Waals surface area contributed by atoms with Gasteiger partial charge in [0.05, 0.1) is 4.90 Å². The van der Waals surface area contributed by atoms with Crippen molar-refractivity contribution in [1.82, 2.24) is 9.21 Å². The average molecular weight is 402 g/mol. The normalized spacial score (nSPS) is 16.5. The van der Waals surface area contributed by atoms with E-state index in [2.05, 4.69) is 4.90 Å². The SMILES string of the molecule is O=c1ccc2cc(S(=O)(=O)N3CCN(Cc4ccc(F)cc4)CC3)ccc2o1. The standard InChI is InChI=1S/C20H19FN2O4S/c21-17-4-1-15(2-5-17)14-22-9-11-23(12-10-22)28(25,26)18-6-7-19-16(13-18)3-8-20(24)27-19/h1-8,13H,9-12,14H2. The highest BCUT2D eigenvalue weighted by Gasteiger charge is 2.28. The van der Waals surface area contributed by atoms with Crippen LogP contribution in [0.15, 0.2) is 68.7 Å². The van der Waals surface area contributed by atoms with Crippen LogP contribution in [-0.2, 0) is 16.6 Å². The maximum Gasteiger partial charge on any atom is 0.336 e. The van der Waals surface area contributed by atoms with Gasteiger partial charge in [-0.05, 0) is 42.0 Å². The van der Waals surface area contributed by atoms with Crippen LogP contribution in [0.4, 0.5) is 4.39 Å². The summed E-state index contributed by atoms with van der Waals surface area (Å²) < 4.78 is 45.5. The number of sulfonamides is 1. The molecule has 0 amide bonds. The van der Waals surface area contributed by atoms with Crippen LogP contribution in [0.5, 0.6) is 0 Å². The van der Waals surface area contributed by atoms with Crippen molar-refractivity contribution in [3.63, 3.8) is 0 Å². The summed E-state index contributed by atoms with van der Waals surface area (Å²) in [5, 5.41) is 0.565. The molecule has 1 aromatic heterocycles. The van der Waals surface area contributed by atoms with Crippen LogP contribution in [0.25, 0.3) is 11.0 Å². The van der Waals surface area contributed by atoms with E-state index in [1.807, 2.05) is 0 Å². The number of hydrogen-bond donors (Lipinski definition) is 0. The zero-order valence-corrected chi connectivity index (χ0v) is 15.9. The van der Waals surface area contributed by atoms with Gasteiger partial charge in [0.25, 0.3) is 0 Å². The van der Waals surface area contributed by atoms with Crippen molar-refractivity contribution >= 4 is 21.0 Å². The van der Waals surface area contributed by atoms with Crippen LogP contribution in [0, 0.1) is 5.82 Å². The van der Waals surface area contributed by atoms with Gasteiger partial charge in [-0.3, -0.25) is 4.90 Å². The Hall–Kier alpha value is -2.55. The van der Waals surface area contributed by atoms with Gasteiger partial charge in [0.2, 0.25) is 10.0 Å². The average Bonchev–Trinajstić information content (AvgIpc) is 2.69. The molecule has 1 fully saturated rings. The molecule has 1 aliphatic rings. The predicted molar refractivity (Wildman–Crippen MR) is 103 cm³/mol. The minimum atomic E-state index is -3.63. The second kappa shape index (κ2) is 7.46. The Balaban J connectivity index is 1.46. The number of benzene rings is 2. The van der Waals surface area contributed by atoms with Gasteiger partial charge in [0, 0.05) is 44.2 Å². The second-order valence-corrected chi connectivity index (χ2v) is 8.70. The van der Waals surface area contributed by atoms with Crippen LogP contribution >= 0.6 is 0 Å². The molecule has 0 N–H and O–H groups in total. The molecule has 28 heavy (non-hydrogen) atoms. The predicted octanol–water partition coefficient (Wildman–Crippen LogP) is 2.44. The van der Waals surface area contributed by atoms with E-state index in [1.165, 1.54) is 40.7 Å². The van der Waals surface area contributed by atoms with Crippen molar-refractivity contribution in [2.75, 3.05) is 26.2 Å².